The SMILES string of the molecule is CC(C)C(N)C(=O)NC1CCSc2ccccc21. The Kier molecular flexibility index (Phi) is 4.30. The Morgan fingerprint density at radius 2 is 2.17 bits per heavy atom. The van der Waals surface area contributed by atoms with Crippen molar-refractivity contribution in [2.24, 2.45) is 11.7 Å². The highest BCUT2D eigenvalue weighted by molar-refractivity contribution is 7.99. The molecule has 0 aromatic heterocycles. The van der Waals surface area contributed by atoms with Crippen LogP contribution in [0.25, 0.3) is 0 Å². The van der Waals surface area contributed by atoms with Crippen LogP contribution in [0.15, 0.2) is 29.2 Å². The maximum absolute atomic E-state index is 12.0. The van der Waals surface area contributed by atoms with Crippen LogP contribution in [0.4, 0.5) is 0 Å². The summed E-state index contributed by atoms with van der Waals surface area (Å²) >= 11 is 1.85. The fourth-order valence-corrected chi connectivity index (χ4v) is 3.19. The van der Waals surface area contributed by atoms with E-state index in [1.54, 1.807) is 0 Å². The number of hydrogen-bond donors (Lipinski definition) is 2. The van der Waals surface area contributed by atoms with Gasteiger partial charge in [-0.25, -0.2) is 0 Å². The zero-order valence-corrected chi connectivity index (χ0v) is 11.7. The first-order chi connectivity index (χ1) is 8.59. The molecule has 0 radical (unpaired) electrons. The minimum atomic E-state index is -0.424. The number of carbonyl (C=O) groups is 1. The summed E-state index contributed by atoms with van der Waals surface area (Å²) in [6, 6.07) is 7.95. The number of fused-ring (bicyclic) bond motifs is 1. The molecule has 1 aromatic carbocycles. The van der Waals surface area contributed by atoms with Crippen LogP contribution in [0, 0.1) is 5.92 Å². The summed E-state index contributed by atoms with van der Waals surface area (Å²) in [6.45, 7) is 3.93. The Hall–Kier alpha value is -1.00. The number of hydrogen-bond acceptors (Lipinski definition) is 3. The van der Waals surface area contributed by atoms with Crippen molar-refractivity contribution < 1.29 is 4.79 Å². The first-order valence-electron chi connectivity index (χ1n) is 6.37. The van der Waals surface area contributed by atoms with Crippen molar-refractivity contribution in [2.45, 2.75) is 37.2 Å². The second-order valence-corrected chi connectivity index (χ2v) is 6.14. The summed E-state index contributed by atoms with van der Waals surface area (Å²) in [4.78, 5) is 13.3. The van der Waals surface area contributed by atoms with Crippen molar-refractivity contribution in [3.63, 3.8) is 0 Å². The standard InChI is InChI=1S/C14H20N2OS/c1-9(2)13(15)14(17)16-11-7-8-18-12-6-4-3-5-10(11)12/h3-6,9,11,13H,7-8,15H2,1-2H3,(H,16,17). The third kappa shape index (κ3) is 2.87. The molecule has 0 spiro atoms. The Bertz CT molecular complexity index is 434. The van der Waals surface area contributed by atoms with Gasteiger partial charge in [0, 0.05) is 10.6 Å². The van der Waals surface area contributed by atoms with Crippen LogP contribution in [-0.2, 0) is 4.79 Å². The monoisotopic (exact) mass is 264 g/mol. The lowest BCUT2D eigenvalue weighted by molar-refractivity contribution is -0.124. The quantitative estimate of drug-likeness (QED) is 0.881. The molecule has 18 heavy (non-hydrogen) atoms. The normalized spacial score (nSPS) is 20.3. The van der Waals surface area contributed by atoms with Gasteiger partial charge in [0.25, 0.3) is 0 Å². The Balaban J connectivity index is 2.10. The van der Waals surface area contributed by atoms with E-state index in [0.29, 0.717) is 0 Å². The number of amides is 1. The molecule has 0 bridgehead atoms. The Morgan fingerprint density at radius 1 is 1.44 bits per heavy atom. The molecule has 98 valence electrons. The lowest BCUT2D eigenvalue weighted by Crippen LogP contribution is -2.45. The van der Waals surface area contributed by atoms with Crippen molar-refractivity contribution in [2.75, 3.05) is 5.75 Å². The number of nitrogens with two attached hydrogens (primary N) is 1. The van der Waals surface area contributed by atoms with E-state index in [1.165, 1.54) is 10.5 Å². The highest BCUT2D eigenvalue weighted by Crippen LogP contribution is 2.35. The highest BCUT2D eigenvalue weighted by Gasteiger charge is 2.25. The molecular formula is C14H20N2OS. The minimum Gasteiger partial charge on any atom is -0.348 e. The fourth-order valence-electron chi connectivity index (χ4n) is 2.06. The summed E-state index contributed by atoms with van der Waals surface area (Å²) in [7, 11) is 0. The maximum atomic E-state index is 12.0. The second kappa shape index (κ2) is 5.76. The van der Waals surface area contributed by atoms with Gasteiger partial charge in [0.1, 0.15) is 0 Å². The van der Waals surface area contributed by atoms with Gasteiger partial charge in [0.05, 0.1) is 12.1 Å². The summed E-state index contributed by atoms with van der Waals surface area (Å²) < 4.78 is 0. The lowest BCUT2D eigenvalue weighted by atomic mass is 10.0. The summed E-state index contributed by atoms with van der Waals surface area (Å²) in [5, 5.41) is 3.08. The van der Waals surface area contributed by atoms with E-state index in [1.807, 2.05) is 37.7 Å². The third-order valence-electron chi connectivity index (χ3n) is 3.30. The van der Waals surface area contributed by atoms with Crippen molar-refractivity contribution in [1.82, 2.24) is 5.32 Å². The van der Waals surface area contributed by atoms with Crippen molar-refractivity contribution in [3.8, 4) is 0 Å². The molecule has 2 rings (SSSR count). The molecule has 2 atom stereocenters. The summed E-state index contributed by atoms with van der Waals surface area (Å²) in [6.07, 6.45) is 0.970. The molecule has 1 aliphatic heterocycles. The second-order valence-electron chi connectivity index (χ2n) is 5.01. The van der Waals surface area contributed by atoms with Gasteiger partial charge in [-0.15, -0.1) is 11.8 Å². The highest BCUT2D eigenvalue weighted by atomic mass is 32.2. The van der Waals surface area contributed by atoms with Gasteiger partial charge in [-0.1, -0.05) is 32.0 Å². The van der Waals surface area contributed by atoms with E-state index in [-0.39, 0.29) is 17.9 Å². The molecule has 4 heteroatoms. The maximum Gasteiger partial charge on any atom is 0.237 e. The first kappa shape index (κ1) is 13.4. The molecule has 0 fully saturated rings. The number of carbonyl (C=O) groups excluding carboxylic acids is 1. The van der Waals surface area contributed by atoms with Crippen molar-refractivity contribution in [1.29, 1.82) is 0 Å². The van der Waals surface area contributed by atoms with Crippen molar-refractivity contribution in [3.05, 3.63) is 29.8 Å². The van der Waals surface area contributed by atoms with Crippen LogP contribution >= 0.6 is 11.8 Å². The molecule has 3 nitrogen and oxygen atoms in total. The molecule has 2 unspecified atom stereocenters. The van der Waals surface area contributed by atoms with Gasteiger partial charge >= 0.3 is 0 Å². The lowest BCUT2D eigenvalue weighted by Gasteiger charge is -2.27. The molecule has 3 N–H and O–H groups in total. The van der Waals surface area contributed by atoms with Crippen LogP contribution in [-0.4, -0.2) is 17.7 Å². The molecule has 1 aromatic rings. The van der Waals surface area contributed by atoms with E-state index >= 15 is 0 Å². The molecule has 1 heterocycles. The largest absolute Gasteiger partial charge is 0.348 e. The Labute approximate surface area is 113 Å². The van der Waals surface area contributed by atoms with Gasteiger partial charge < -0.3 is 11.1 Å². The van der Waals surface area contributed by atoms with E-state index < -0.39 is 6.04 Å². The van der Waals surface area contributed by atoms with Gasteiger partial charge in [-0.05, 0) is 24.0 Å². The smallest absolute Gasteiger partial charge is 0.237 e. The van der Waals surface area contributed by atoms with Gasteiger partial charge in [0.15, 0.2) is 0 Å². The molecule has 0 saturated carbocycles. The van der Waals surface area contributed by atoms with E-state index in [0.717, 1.165) is 12.2 Å². The first-order valence-corrected chi connectivity index (χ1v) is 7.36. The van der Waals surface area contributed by atoms with Crippen LogP contribution in [0.2, 0.25) is 0 Å². The fraction of sp³-hybridized carbons (Fsp3) is 0.500. The van der Waals surface area contributed by atoms with Crippen LogP contribution in [0.3, 0.4) is 0 Å². The van der Waals surface area contributed by atoms with E-state index in [9.17, 15) is 4.79 Å². The predicted octanol–water partition coefficient (Wildman–Crippen LogP) is 2.32. The average Bonchev–Trinajstić information content (AvgIpc) is 2.38. The molecular weight excluding hydrogens is 244 g/mol. The van der Waals surface area contributed by atoms with Crippen molar-refractivity contribution >= 4 is 17.7 Å². The summed E-state index contributed by atoms with van der Waals surface area (Å²) in [5.41, 5.74) is 7.10. The van der Waals surface area contributed by atoms with Crippen LogP contribution in [0.5, 0.6) is 0 Å². The number of thioether (sulfide) groups is 1. The predicted molar refractivity (Wildman–Crippen MR) is 75.5 cm³/mol. The van der Waals surface area contributed by atoms with Crippen LogP contribution in [0.1, 0.15) is 31.9 Å². The van der Waals surface area contributed by atoms with Gasteiger partial charge in [0.2, 0.25) is 5.91 Å². The topological polar surface area (TPSA) is 55.1 Å². The molecule has 0 aliphatic carbocycles. The van der Waals surface area contributed by atoms with Crippen LogP contribution < -0.4 is 11.1 Å². The van der Waals surface area contributed by atoms with Gasteiger partial charge in [-0.3, -0.25) is 4.79 Å². The number of benzene rings is 1. The minimum absolute atomic E-state index is 0.0447. The molecule has 1 aliphatic rings. The summed E-state index contributed by atoms with van der Waals surface area (Å²) in [5.74, 6) is 1.16. The van der Waals surface area contributed by atoms with E-state index in [4.69, 9.17) is 5.73 Å². The zero-order valence-electron chi connectivity index (χ0n) is 10.8. The Morgan fingerprint density at radius 3 is 2.89 bits per heavy atom. The zero-order chi connectivity index (χ0) is 13.1. The number of nitrogens with one attached hydrogen (secondary N) is 1. The van der Waals surface area contributed by atoms with E-state index in [2.05, 4.69) is 17.4 Å². The molecule has 1 amide bonds. The number of rotatable bonds is 3. The average molecular weight is 264 g/mol. The molecule has 0 saturated heterocycles. The van der Waals surface area contributed by atoms with Gasteiger partial charge in [-0.2, -0.15) is 0 Å². The third-order valence-corrected chi connectivity index (χ3v) is 4.42.